The summed E-state index contributed by atoms with van der Waals surface area (Å²) in [5, 5.41) is 23.9. The number of amides is 1. The number of anilines is 1. The van der Waals surface area contributed by atoms with Crippen LogP contribution in [-0.2, 0) is 4.79 Å². The molecule has 0 spiro atoms. The largest absolute Gasteiger partial charge is 0.497 e. The van der Waals surface area contributed by atoms with E-state index in [1.54, 1.807) is 33.1 Å². The highest BCUT2D eigenvalue weighted by molar-refractivity contribution is 8.00. The first-order chi connectivity index (χ1) is 18.3. The third kappa shape index (κ3) is 5.82. The number of aryl methyl sites for hydroxylation is 1. The van der Waals surface area contributed by atoms with Crippen LogP contribution in [-0.4, -0.2) is 28.2 Å². The van der Waals surface area contributed by atoms with Gasteiger partial charge in [-0.15, -0.1) is 0 Å². The third-order valence-corrected chi connectivity index (χ3v) is 6.99. The number of benzene rings is 3. The fourth-order valence-electron chi connectivity index (χ4n) is 3.82. The minimum Gasteiger partial charge on any atom is -0.497 e. The van der Waals surface area contributed by atoms with Crippen molar-refractivity contribution in [2.75, 3.05) is 12.4 Å². The van der Waals surface area contributed by atoms with Crippen LogP contribution in [0.4, 0.5) is 11.4 Å². The van der Waals surface area contributed by atoms with Crippen LogP contribution >= 0.6 is 11.8 Å². The van der Waals surface area contributed by atoms with Crippen molar-refractivity contribution in [2.45, 2.75) is 24.1 Å². The van der Waals surface area contributed by atoms with Crippen LogP contribution in [0.2, 0.25) is 0 Å². The molecule has 1 amide bonds. The number of rotatable bonds is 8. The molecule has 0 saturated carbocycles. The van der Waals surface area contributed by atoms with Crippen molar-refractivity contribution in [3.05, 3.63) is 100 Å². The van der Waals surface area contributed by atoms with E-state index in [2.05, 4.69) is 11.4 Å². The van der Waals surface area contributed by atoms with Gasteiger partial charge in [-0.25, -0.2) is 4.98 Å². The number of carbonyl (C=O) groups is 1. The SMILES string of the molecule is COc1ccc(-c2cc(-c3ccccc3)nc(S[C@H](C)C(=O)Nc3ccc(C)c([N+](=O)[O-])c3)c2C#N)cc1. The molecule has 4 rings (SSSR count). The minimum absolute atomic E-state index is 0.0729. The standard InChI is InChI=1S/C29H24N4O4S/c1-18-9-12-22(15-27(18)33(35)36)31-28(34)19(2)38-29-25(17-30)24(20-10-13-23(37-3)14-11-20)16-26(32-29)21-7-5-4-6-8-21/h4-16,19H,1-3H3,(H,31,34)/t19-/m1/s1. The van der Waals surface area contributed by atoms with Crippen LogP contribution in [0.1, 0.15) is 18.1 Å². The number of nitro benzene ring substituents is 1. The molecule has 0 fully saturated rings. The molecule has 0 saturated heterocycles. The Balaban J connectivity index is 1.70. The van der Waals surface area contributed by atoms with Gasteiger partial charge in [0, 0.05) is 28.4 Å². The predicted octanol–water partition coefficient (Wildman–Crippen LogP) is 6.63. The summed E-state index contributed by atoms with van der Waals surface area (Å²) >= 11 is 1.16. The van der Waals surface area contributed by atoms with E-state index in [1.807, 2.05) is 60.7 Å². The van der Waals surface area contributed by atoms with Crippen molar-refractivity contribution < 1.29 is 14.5 Å². The maximum absolute atomic E-state index is 13.0. The number of aromatic nitrogens is 1. The monoisotopic (exact) mass is 524 g/mol. The lowest BCUT2D eigenvalue weighted by Gasteiger charge is -2.16. The molecule has 190 valence electrons. The van der Waals surface area contributed by atoms with Crippen molar-refractivity contribution in [2.24, 2.45) is 0 Å². The molecular weight excluding hydrogens is 500 g/mol. The van der Waals surface area contributed by atoms with Gasteiger partial charge < -0.3 is 10.1 Å². The van der Waals surface area contributed by atoms with E-state index in [4.69, 9.17) is 9.72 Å². The molecule has 0 bridgehead atoms. The average molecular weight is 525 g/mol. The fourth-order valence-corrected chi connectivity index (χ4v) is 4.74. The van der Waals surface area contributed by atoms with Gasteiger partial charge in [-0.3, -0.25) is 14.9 Å². The third-order valence-electron chi connectivity index (χ3n) is 5.90. The van der Waals surface area contributed by atoms with Crippen LogP contribution in [0.3, 0.4) is 0 Å². The Morgan fingerprint density at radius 2 is 1.79 bits per heavy atom. The number of nitro groups is 1. The molecule has 1 N–H and O–H groups in total. The number of ether oxygens (including phenoxy) is 1. The molecule has 0 aliphatic heterocycles. The van der Waals surface area contributed by atoms with E-state index >= 15 is 0 Å². The van der Waals surface area contributed by atoms with Crippen LogP contribution in [0.5, 0.6) is 5.75 Å². The number of hydrogen-bond acceptors (Lipinski definition) is 7. The second-order valence-electron chi connectivity index (χ2n) is 8.45. The van der Waals surface area contributed by atoms with Gasteiger partial charge in [0.05, 0.1) is 28.5 Å². The number of pyridine rings is 1. The Labute approximate surface area is 224 Å². The van der Waals surface area contributed by atoms with Gasteiger partial charge in [0.2, 0.25) is 5.91 Å². The minimum atomic E-state index is -0.648. The quantitative estimate of drug-likeness (QED) is 0.156. The Morgan fingerprint density at radius 1 is 1.08 bits per heavy atom. The maximum Gasteiger partial charge on any atom is 0.274 e. The molecule has 0 aliphatic carbocycles. The molecular formula is C29H24N4O4S. The van der Waals surface area contributed by atoms with Gasteiger partial charge in [0.1, 0.15) is 16.8 Å². The zero-order valence-electron chi connectivity index (χ0n) is 21.0. The van der Waals surface area contributed by atoms with Gasteiger partial charge >= 0.3 is 0 Å². The molecule has 1 heterocycles. The molecule has 0 aliphatic rings. The highest BCUT2D eigenvalue weighted by Gasteiger charge is 2.22. The smallest absolute Gasteiger partial charge is 0.274 e. The van der Waals surface area contributed by atoms with Gasteiger partial charge in [-0.2, -0.15) is 5.26 Å². The number of nitriles is 1. The predicted molar refractivity (Wildman–Crippen MR) is 148 cm³/mol. The first kappa shape index (κ1) is 26.4. The van der Waals surface area contributed by atoms with Gasteiger partial charge in [0.25, 0.3) is 5.69 Å². The lowest BCUT2D eigenvalue weighted by Crippen LogP contribution is -2.22. The first-order valence-corrected chi connectivity index (χ1v) is 12.6. The Hall–Kier alpha value is -4.68. The maximum atomic E-state index is 13.0. The highest BCUT2D eigenvalue weighted by atomic mass is 32.2. The highest BCUT2D eigenvalue weighted by Crippen LogP contribution is 2.36. The number of thioether (sulfide) groups is 1. The van der Waals surface area contributed by atoms with Crippen molar-refractivity contribution >= 4 is 29.0 Å². The second-order valence-corrected chi connectivity index (χ2v) is 9.78. The van der Waals surface area contributed by atoms with E-state index < -0.39 is 10.2 Å². The van der Waals surface area contributed by atoms with Crippen LogP contribution in [0, 0.1) is 28.4 Å². The lowest BCUT2D eigenvalue weighted by atomic mass is 9.99. The molecule has 4 aromatic rings. The Morgan fingerprint density at radius 3 is 2.42 bits per heavy atom. The summed E-state index contributed by atoms with van der Waals surface area (Å²) in [6.07, 6.45) is 0. The summed E-state index contributed by atoms with van der Waals surface area (Å²) < 4.78 is 5.27. The molecule has 1 aromatic heterocycles. The van der Waals surface area contributed by atoms with E-state index in [0.29, 0.717) is 38.8 Å². The van der Waals surface area contributed by atoms with Gasteiger partial charge in [-0.05, 0) is 43.7 Å². The summed E-state index contributed by atoms with van der Waals surface area (Å²) in [6.45, 7) is 3.34. The van der Waals surface area contributed by atoms with Crippen molar-refractivity contribution in [3.8, 4) is 34.2 Å². The molecule has 3 aromatic carbocycles. The molecule has 1 atom stereocenters. The number of carbonyl (C=O) groups excluding carboxylic acids is 1. The van der Waals surface area contributed by atoms with Gasteiger partial charge in [0.15, 0.2) is 0 Å². The molecule has 0 radical (unpaired) electrons. The van der Waals surface area contributed by atoms with Crippen molar-refractivity contribution in [3.63, 3.8) is 0 Å². The van der Waals surface area contributed by atoms with Crippen LogP contribution < -0.4 is 10.1 Å². The molecule has 9 heteroatoms. The Kier molecular flexibility index (Phi) is 8.04. The molecule has 8 nitrogen and oxygen atoms in total. The summed E-state index contributed by atoms with van der Waals surface area (Å²) in [5.41, 5.74) is 4.15. The number of nitrogens with zero attached hydrogens (tertiary/aromatic N) is 3. The van der Waals surface area contributed by atoms with E-state index in [-0.39, 0.29) is 11.6 Å². The van der Waals surface area contributed by atoms with Crippen LogP contribution in [0.15, 0.2) is 83.9 Å². The zero-order chi connectivity index (χ0) is 27.2. The van der Waals surface area contributed by atoms with E-state index in [9.17, 15) is 20.2 Å². The zero-order valence-corrected chi connectivity index (χ0v) is 21.8. The summed E-state index contributed by atoms with van der Waals surface area (Å²) in [5.74, 6) is 0.329. The lowest BCUT2D eigenvalue weighted by molar-refractivity contribution is -0.385. The topological polar surface area (TPSA) is 118 Å². The van der Waals surface area contributed by atoms with Gasteiger partial charge in [-0.1, -0.05) is 60.3 Å². The number of hydrogen-bond donors (Lipinski definition) is 1. The first-order valence-electron chi connectivity index (χ1n) is 11.7. The van der Waals surface area contributed by atoms with E-state index in [0.717, 1.165) is 22.9 Å². The Bertz CT molecular complexity index is 1530. The summed E-state index contributed by atoms with van der Waals surface area (Å²) in [4.78, 5) is 28.6. The number of nitrogens with one attached hydrogen (secondary N) is 1. The van der Waals surface area contributed by atoms with Crippen molar-refractivity contribution in [1.29, 1.82) is 5.26 Å². The normalized spacial score (nSPS) is 11.3. The molecule has 38 heavy (non-hydrogen) atoms. The average Bonchev–Trinajstić information content (AvgIpc) is 2.94. The molecule has 0 unspecified atom stereocenters. The van der Waals surface area contributed by atoms with Crippen LogP contribution in [0.25, 0.3) is 22.4 Å². The fraction of sp³-hybridized carbons (Fsp3) is 0.138. The summed E-state index contributed by atoms with van der Waals surface area (Å²) in [7, 11) is 1.59. The number of methoxy groups -OCH3 is 1. The van der Waals surface area contributed by atoms with E-state index in [1.165, 1.54) is 6.07 Å². The summed E-state index contributed by atoms with van der Waals surface area (Å²) in [6, 6.07) is 25.7. The van der Waals surface area contributed by atoms with Crippen molar-refractivity contribution in [1.82, 2.24) is 4.98 Å². The second kappa shape index (κ2) is 11.6.